The fraction of sp³-hybridized carbons (Fsp3) is 1.00. The number of hydrogen-bond acceptors (Lipinski definition) is 2. The topological polar surface area (TPSA) is 40.5 Å². The van der Waals surface area contributed by atoms with Crippen LogP contribution in [0, 0.1) is 5.92 Å². The first-order valence-electron chi connectivity index (χ1n) is 4.34. The molecular weight excluding hydrogens is 150 g/mol. The normalized spacial score (nSPS) is 25.6. The van der Waals surface area contributed by atoms with Gasteiger partial charge in [-0.3, -0.25) is 0 Å². The molecule has 1 aliphatic rings. The maximum Gasteiger partial charge on any atom is 0.162 e. The summed E-state index contributed by atoms with van der Waals surface area (Å²) in [6.45, 7) is 1.78. The van der Waals surface area contributed by atoms with Crippen LogP contribution in [0.2, 0.25) is 5.21 Å². The predicted molar refractivity (Wildman–Crippen MR) is 49.0 cm³/mol. The molecular formula is C8H14B2O2. The Morgan fingerprint density at radius 1 is 1.25 bits per heavy atom. The summed E-state index contributed by atoms with van der Waals surface area (Å²) in [6, 6.07) is 0. The van der Waals surface area contributed by atoms with E-state index in [2.05, 4.69) is 0 Å². The van der Waals surface area contributed by atoms with Gasteiger partial charge in [0.2, 0.25) is 0 Å². The lowest BCUT2D eigenvalue weighted by atomic mass is 9.47. The summed E-state index contributed by atoms with van der Waals surface area (Å²) in [5, 5.41) is 17.8. The third-order valence-electron chi connectivity index (χ3n) is 2.67. The van der Waals surface area contributed by atoms with Gasteiger partial charge in [-0.25, -0.2) is 0 Å². The summed E-state index contributed by atoms with van der Waals surface area (Å²) in [6.07, 6.45) is 2.14. The van der Waals surface area contributed by atoms with Crippen molar-refractivity contribution >= 4 is 15.7 Å². The van der Waals surface area contributed by atoms with Gasteiger partial charge in [-0.2, -0.15) is 0 Å². The van der Waals surface area contributed by atoms with Crippen molar-refractivity contribution in [1.82, 2.24) is 0 Å². The van der Waals surface area contributed by atoms with Gasteiger partial charge in [-0.1, -0.05) is 18.1 Å². The molecule has 0 unspecified atom stereocenters. The average molecular weight is 164 g/mol. The Labute approximate surface area is 76.2 Å². The van der Waals surface area contributed by atoms with Crippen molar-refractivity contribution in [1.29, 1.82) is 0 Å². The molecule has 0 atom stereocenters. The van der Waals surface area contributed by atoms with Crippen molar-refractivity contribution in [2.45, 2.75) is 43.6 Å². The second-order valence-electron chi connectivity index (χ2n) is 4.12. The summed E-state index contributed by atoms with van der Waals surface area (Å²) in [5.74, 6) is -1.29. The molecule has 4 radical (unpaired) electrons. The van der Waals surface area contributed by atoms with Crippen LogP contribution < -0.4 is 0 Å². The second-order valence-corrected chi connectivity index (χ2v) is 4.12. The summed E-state index contributed by atoms with van der Waals surface area (Å²) < 4.78 is 0. The van der Waals surface area contributed by atoms with E-state index in [1.54, 1.807) is 6.92 Å². The van der Waals surface area contributed by atoms with E-state index in [0.29, 0.717) is 25.7 Å². The summed E-state index contributed by atoms with van der Waals surface area (Å²) in [4.78, 5) is 0. The minimum Gasteiger partial charge on any atom is -0.366 e. The van der Waals surface area contributed by atoms with E-state index in [-0.39, 0.29) is 5.92 Å². The highest BCUT2D eigenvalue weighted by atomic mass is 16.5. The van der Waals surface area contributed by atoms with Gasteiger partial charge in [0, 0.05) is 12.8 Å². The molecule has 64 valence electrons. The van der Waals surface area contributed by atoms with E-state index in [4.69, 9.17) is 15.7 Å². The highest BCUT2D eigenvalue weighted by Gasteiger charge is 2.34. The fourth-order valence-corrected chi connectivity index (χ4v) is 1.70. The van der Waals surface area contributed by atoms with Crippen molar-refractivity contribution in [3.8, 4) is 0 Å². The van der Waals surface area contributed by atoms with E-state index in [0.717, 1.165) is 0 Å². The maximum absolute atomic E-state index is 9.23. The lowest BCUT2D eigenvalue weighted by molar-refractivity contribution is -0.186. The van der Waals surface area contributed by atoms with Crippen molar-refractivity contribution in [3.63, 3.8) is 0 Å². The van der Waals surface area contributed by atoms with Gasteiger partial charge in [0.1, 0.15) is 0 Å². The SMILES string of the molecule is [B]C([B])(C)C1CCC(O)(O)CC1. The second kappa shape index (κ2) is 3.08. The van der Waals surface area contributed by atoms with Crippen molar-refractivity contribution < 1.29 is 10.2 Å². The molecule has 2 N–H and O–H groups in total. The van der Waals surface area contributed by atoms with Crippen LogP contribution in [0.15, 0.2) is 0 Å². The van der Waals surface area contributed by atoms with Gasteiger partial charge >= 0.3 is 0 Å². The van der Waals surface area contributed by atoms with Gasteiger partial charge in [0.05, 0.1) is 15.7 Å². The summed E-state index contributed by atoms with van der Waals surface area (Å²) in [7, 11) is 11.4. The molecule has 0 spiro atoms. The lowest BCUT2D eigenvalue weighted by Gasteiger charge is -2.39. The van der Waals surface area contributed by atoms with Crippen molar-refractivity contribution in [2.75, 3.05) is 0 Å². The van der Waals surface area contributed by atoms with Gasteiger partial charge in [0.15, 0.2) is 5.79 Å². The molecule has 0 saturated heterocycles. The number of hydrogen-bond donors (Lipinski definition) is 2. The molecule has 2 nitrogen and oxygen atoms in total. The van der Waals surface area contributed by atoms with Crippen LogP contribution in [-0.4, -0.2) is 31.7 Å². The molecule has 1 saturated carbocycles. The third-order valence-corrected chi connectivity index (χ3v) is 2.67. The van der Waals surface area contributed by atoms with E-state index in [1.165, 1.54) is 0 Å². The van der Waals surface area contributed by atoms with Crippen molar-refractivity contribution in [3.05, 3.63) is 0 Å². The van der Waals surface area contributed by atoms with Gasteiger partial charge < -0.3 is 10.2 Å². The molecule has 0 aromatic heterocycles. The van der Waals surface area contributed by atoms with Gasteiger partial charge in [-0.15, -0.1) is 0 Å². The smallest absolute Gasteiger partial charge is 0.162 e. The molecule has 0 heterocycles. The van der Waals surface area contributed by atoms with Gasteiger partial charge in [-0.05, 0) is 12.8 Å². The Balaban J connectivity index is 2.47. The predicted octanol–water partition coefficient (Wildman–Crippen LogP) is 0.331. The monoisotopic (exact) mass is 164 g/mol. The molecule has 1 aliphatic carbocycles. The highest BCUT2D eigenvalue weighted by Crippen LogP contribution is 2.41. The molecule has 0 aliphatic heterocycles. The zero-order valence-corrected chi connectivity index (χ0v) is 7.45. The first kappa shape index (κ1) is 10.1. The quantitative estimate of drug-likeness (QED) is 0.432. The molecule has 0 aromatic rings. The molecule has 0 amide bonds. The van der Waals surface area contributed by atoms with E-state index < -0.39 is 11.0 Å². The first-order valence-corrected chi connectivity index (χ1v) is 4.34. The highest BCUT2D eigenvalue weighted by molar-refractivity contribution is 6.39. The van der Waals surface area contributed by atoms with E-state index in [1.807, 2.05) is 0 Å². The largest absolute Gasteiger partial charge is 0.366 e. The zero-order chi connectivity index (χ0) is 9.41. The Morgan fingerprint density at radius 2 is 1.67 bits per heavy atom. The Kier molecular flexibility index (Phi) is 2.60. The summed E-state index contributed by atoms with van der Waals surface area (Å²) >= 11 is 0. The Hall–Kier alpha value is 0.0499. The first-order chi connectivity index (χ1) is 5.31. The van der Waals surface area contributed by atoms with Crippen LogP contribution in [0.1, 0.15) is 32.6 Å². The van der Waals surface area contributed by atoms with E-state index >= 15 is 0 Å². The minimum atomic E-state index is -1.48. The van der Waals surface area contributed by atoms with Crippen LogP contribution in [0.25, 0.3) is 0 Å². The Morgan fingerprint density at radius 3 is 2.00 bits per heavy atom. The zero-order valence-electron chi connectivity index (χ0n) is 7.45. The van der Waals surface area contributed by atoms with Crippen LogP contribution >= 0.6 is 0 Å². The van der Waals surface area contributed by atoms with Crippen LogP contribution in [0.4, 0.5) is 0 Å². The number of rotatable bonds is 1. The maximum atomic E-state index is 9.23. The molecule has 1 rings (SSSR count). The Bertz CT molecular complexity index is 153. The molecule has 12 heavy (non-hydrogen) atoms. The third kappa shape index (κ3) is 2.53. The number of aliphatic hydroxyl groups is 2. The van der Waals surface area contributed by atoms with Crippen molar-refractivity contribution in [2.24, 2.45) is 5.92 Å². The summed E-state index contributed by atoms with van der Waals surface area (Å²) in [5.41, 5.74) is 0. The standard InChI is InChI=1S/C8H14B2O2/c1-7(9,10)6-2-4-8(11,12)5-3-6/h6,11-12H,2-5H2,1H3. The molecule has 0 bridgehead atoms. The van der Waals surface area contributed by atoms with Gasteiger partial charge in [0.25, 0.3) is 0 Å². The van der Waals surface area contributed by atoms with Crippen LogP contribution in [-0.2, 0) is 0 Å². The minimum absolute atomic E-state index is 0.199. The van der Waals surface area contributed by atoms with Crippen LogP contribution in [0.5, 0.6) is 0 Å². The average Bonchev–Trinajstić information content (AvgIpc) is 1.83. The van der Waals surface area contributed by atoms with E-state index in [9.17, 15) is 10.2 Å². The fourth-order valence-electron chi connectivity index (χ4n) is 1.70. The lowest BCUT2D eigenvalue weighted by Crippen LogP contribution is -2.36. The molecule has 4 heteroatoms. The van der Waals surface area contributed by atoms with Crippen LogP contribution in [0.3, 0.4) is 0 Å². The molecule has 0 aromatic carbocycles. The molecule has 1 fully saturated rings.